The van der Waals surface area contributed by atoms with Gasteiger partial charge in [-0.15, -0.1) is 0 Å². The summed E-state index contributed by atoms with van der Waals surface area (Å²) in [6.07, 6.45) is 0. The lowest BCUT2D eigenvalue weighted by atomic mass is 10.1. The van der Waals surface area contributed by atoms with E-state index < -0.39 is 0 Å². The van der Waals surface area contributed by atoms with Crippen molar-refractivity contribution in [2.24, 2.45) is 0 Å². The quantitative estimate of drug-likeness (QED) is 0.804. The molecule has 0 atom stereocenters. The Morgan fingerprint density at radius 2 is 1.74 bits per heavy atom. The molecular weight excluding hydrogens is 328 g/mol. The van der Waals surface area contributed by atoms with Gasteiger partial charge in [-0.05, 0) is 52.3 Å². The van der Waals surface area contributed by atoms with Crippen molar-refractivity contribution in [3.05, 3.63) is 57.0 Å². The molecule has 2 rings (SSSR count). The maximum absolute atomic E-state index is 8.95. The smallest absolute Gasteiger partial charge is 0.141 e. The Labute approximate surface area is 123 Å². The normalized spacial score (nSPS) is 9.47. The van der Waals surface area contributed by atoms with Crippen molar-refractivity contribution in [2.45, 2.75) is 0 Å². The molecular formula is C14H6BrClN2O. The highest BCUT2D eigenvalue weighted by Gasteiger charge is 2.07. The first-order valence-electron chi connectivity index (χ1n) is 5.21. The predicted molar refractivity (Wildman–Crippen MR) is 75.1 cm³/mol. The van der Waals surface area contributed by atoms with Crippen LogP contribution in [0.3, 0.4) is 0 Å². The lowest BCUT2D eigenvalue weighted by molar-refractivity contribution is 0.479. The molecule has 0 saturated carbocycles. The molecule has 2 aromatic carbocycles. The van der Waals surface area contributed by atoms with Gasteiger partial charge in [0.15, 0.2) is 0 Å². The highest BCUT2D eigenvalue weighted by atomic mass is 79.9. The molecule has 92 valence electrons. The Kier molecular flexibility index (Phi) is 4.06. The summed E-state index contributed by atoms with van der Waals surface area (Å²) in [7, 11) is 0. The van der Waals surface area contributed by atoms with Crippen LogP contribution in [0.25, 0.3) is 0 Å². The fraction of sp³-hybridized carbons (Fsp3) is 0. The van der Waals surface area contributed by atoms with Crippen LogP contribution in [0.1, 0.15) is 11.1 Å². The third-order valence-corrected chi connectivity index (χ3v) is 3.21. The molecule has 0 aromatic heterocycles. The average Bonchev–Trinajstić information content (AvgIpc) is 2.41. The topological polar surface area (TPSA) is 56.8 Å². The Morgan fingerprint density at radius 1 is 1.00 bits per heavy atom. The van der Waals surface area contributed by atoms with Crippen LogP contribution in [0.5, 0.6) is 11.5 Å². The maximum Gasteiger partial charge on any atom is 0.141 e. The fourth-order valence-electron chi connectivity index (χ4n) is 1.46. The van der Waals surface area contributed by atoms with Gasteiger partial charge in [-0.3, -0.25) is 0 Å². The minimum absolute atomic E-state index is 0.282. The third-order valence-electron chi connectivity index (χ3n) is 2.35. The first-order chi connectivity index (χ1) is 9.13. The lowest BCUT2D eigenvalue weighted by Gasteiger charge is -2.08. The minimum atomic E-state index is 0.282. The number of rotatable bonds is 2. The van der Waals surface area contributed by atoms with E-state index in [1.165, 1.54) is 6.07 Å². The molecule has 3 nitrogen and oxygen atoms in total. The molecule has 0 radical (unpaired) electrons. The number of nitrogens with zero attached hydrogens (tertiary/aromatic N) is 2. The molecule has 0 unspecified atom stereocenters. The monoisotopic (exact) mass is 332 g/mol. The summed E-state index contributed by atoms with van der Waals surface area (Å²) in [5.74, 6) is 1.07. The van der Waals surface area contributed by atoms with E-state index in [2.05, 4.69) is 15.9 Å². The zero-order valence-corrected chi connectivity index (χ0v) is 11.9. The van der Waals surface area contributed by atoms with Gasteiger partial charge in [-0.2, -0.15) is 10.5 Å². The molecule has 0 aliphatic rings. The number of benzene rings is 2. The van der Waals surface area contributed by atoms with Crippen LogP contribution in [-0.2, 0) is 0 Å². The van der Waals surface area contributed by atoms with Crippen LogP contribution in [0, 0.1) is 22.7 Å². The summed E-state index contributed by atoms with van der Waals surface area (Å²) in [6.45, 7) is 0. The van der Waals surface area contributed by atoms with Gasteiger partial charge in [0, 0.05) is 5.02 Å². The van der Waals surface area contributed by atoms with E-state index in [0.29, 0.717) is 26.6 Å². The second-order valence-corrected chi connectivity index (χ2v) is 4.90. The average molecular weight is 334 g/mol. The van der Waals surface area contributed by atoms with Crippen molar-refractivity contribution in [3.63, 3.8) is 0 Å². The number of ether oxygens (including phenoxy) is 1. The Balaban J connectivity index is 2.34. The van der Waals surface area contributed by atoms with Crippen LogP contribution in [0.2, 0.25) is 5.02 Å². The van der Waals surface area contributed by atoms with Gasteiger partial charge in [0.2, 0.25) is 0 Å². The molecule has 0 bridgehead atoms. The van der Waals surface area contributed by atoms with Gasteiger partial charge in [-0.25, -0.2) is 0 Å². The molecule has 0 saturated heterocycles. The van der Waals surface area contributed by atoms with Gasteiger partial charge in [0.05, 0.1) is 15.6 Å². The van der Waals surface area contributed by atoms with Crippen molar-refractivity contribution < 1.29 is 4.74 Å². The van der Waals surface area contributed by atoms with Crippen molar-refractivity contribution in [1.82, 2.24) is 0 Å². The largest absolute Gasteiger partial charge is 0.456 e. The molecule has 5 heteroatoms. The molecule has 19 heavy (non-hydrogen) atoms. The van der Waals surface area contributed by atoms with Gasteiger partial charge in [-0.1, -0.05) is 11.6 Å². The number of hydrogen-bond donors (Lipinski definition) is 0. The van der Waals surface area contributed by atoms with Gasteiger partial charge in [0.25, 0.3) is 0 Å². The second-order valence-electron chi connectivity index (χ2n) is 3.61. The Bertz CT molecular complexity index is 716. The summed E-state index contributed by atoms with van der Waals surface area (Å²) in [5.41, 5.74) is 0.607. The second kappa shape index (κ2) is 5.75. The number of nitriles is 2. The Morgan fingerprint density at radius 3 is 2.37 bits per heavy atom. The zero-order chi connectivity index (χ0) is 13.8. The summed E-state index contributed by atoms with van der Waals surface area (Å²) >= 11 is 9.18. The highest BCUT2D eigenvalue weighted by Crippen LogP contribution is 2.32. The molecule has 0 spiro atoms. The van der Waals surface area contributed by atoms with Gasteiger partial charge >= 0.3 is 0 Å². The van der Waals surface area contributed by atoms with E-state index in [1.807, 2.05) is 12.1 Å². The van der Waals surface area contributed by atoms with Crippen LogP contribution in [0.4, 0.5) is 0 Å². The van der Waals surface area contributed by atoms with Crippen molar-refractivity contribution in [2.75, 3.05) is 0 Å². The third kappa shape index (κ3) is 3.06. The van der Waals surface area contributed by atoms with Crippen LogP contribution < -0.4 is 4.74 Å². The van der Waals surface area contributed by atoms with Crippen molar-refractivity contribution in [3.8, 4) is 23.6 Å². The maximum atomic E-state index is 8.95. The molecule has 0 aliphatic heterocycles. The van der Waals surface area contributed by atoms with E-state index in [4.69, 9.17) is 26.9 Å². The summed E-state index contributed by atoms with van der Waals surface area (Å²) in [6, 6.07) is 13.8. The standard InChI is InChI=1S/C14H6BrClN2O/c15-13-6-11(16)2-4-14(13)19-12-3-1-9(7-17)10(5-12)8-18/h1-6H. The molecule has 0 fully saturated rings. The summed E-state index contributed by atoms with van der Waals surface area (Å²) in [5, 5.41) is 18.4. The van der Waals surface area contributed by atoms with Gasteiger partial charge in [0.1, 0.15) is 23.6 Å². The molecule has 0 N–H and O–H groups in total. The minimum Gasteiger partial charge on any atom is -0.456 e. The highest BCUT2D eigenvalue weighted by molar-refractivity contribution is 9.10. The van der Waals surface area contributed by atoms with E-state index in [1.54, 1.807) is 30.3 Å². The number of hydrogen-bond acceptors (Lipinski definition) is 3. The van der Waals surface area contributed by atoms with Crippen molar-refractivity contribution >= 4 is 27.5 Å². The fourth-order valence-corrected chi connectivity index (χ4v) is 2.23. The van der Waals surface area contributed by atoms with Crippen molar-refractivity contribution in [1.29, 1.82) is 10.5 Å². The predicted octanol–water partition coefficient (Wildman–Crippen LogP) is 4.64. The number of halogens is 2. The lowest BCUT2D eigenvalue weighted by Crippen LogP contribution is -1.89. The molecule has 0 heterocycles. The summed E-state index contributed by atoms with van der Waals surface area (Å²) < 4.78 is 6.35. The Hall–Kier alpha value is -2.01. The first kappa shape index (κ1) is 13.4. The van der Waals surface area contributed by atoms with E-state index in [-0.39, 0.29) is 5.56 Å². The molecule has 0 amide bonds. The SMILES string of the molecule is N#Cc1ccc(Oc2ccc(Cl)cc2Br)cc1C#N. The zero-order valence-electron chi connectivity index (χ0n) is 9.52. The van der Waals surface area contributed by atoms with E-state index in [9.17, 15) is 0 Å². The van der Waals surface area contributed by atoms with E-state index >= 15 is 0 Å². The van der Waals surface area contributed by atoms with Gasteiger partial charge < -0.3 is 4.74 Å². The first-order valence-corrected chi connectivity index (χ1v) is 6.38. The molecule has 2 aromatic rings. The summed E-state index contributed by atoms with van der Waals surface area (Å²) in [4.78, 5) is 0. The van der Waals surface area contributed by atoms with Crippen LogP contribution >= 0.6 is 27.5 Å². The van der Waals surface area contributed by atoms with Crippen LogP contribution in [-0.4, -0.2) is 0 Å². The van der Waals surface area contributed by atoms with E-state index in [0.717, 1.165) is 0 Å². The molecule has 0 aliphatic carbocycles. The van der Waals surface area contributed by atoms with Crippen LogP contribution in [0.15, 0.2) is 40.9 Å².